The van der Waals surface area contributed by atoms with Crippen molar-refractivity contribution >= 4 is 21.8 Å². The van der Waals surface area contributed by atoms with Gasteiger partial charge in [0, 0.05) is 30.5 Å². The van der Waals surface area contributed by atoms with Gasteiger partial charge in [-0.2, -0.15) is 0 Å². The fourth-order valence-electron chi connectivity index (χ4n) is 4.12. The van der Waals surface area contributed by atoms with Crippen LogP contribution in [0.5, 0.6) is 0 Å². The Labute approximate surface area is 168 Å². The molecule has 3 aromatic rings. The second-order valence-corrected chi connectivity index (χ2v) is 9.03. The average Bonchev–Trinajstić information content (AvgIpc) is 3.16. The largest absolute Gasteiger partial charge is 0.464 e. The van der Waals surface area contributed by atoms with Gasteiger partial charge in [-0.15, -0.1) is 0 Å². The summed E-state index contributed by atoms with van der Waals surface area (Å²) in [5, 5.41) is 1.20. The van der Waals surface area contributed by atoms with E-state index in [0.717, 1.165) is 49.4 Å². The summed E-state index contributed by atoms with van der Waals surface area (Å²) in [5.74, 6) is 0.540. The Morgan fingerprint density at radius 3 is 2.75 bits per heavy atom. The van der Waals surface area contributed by atoms with Gasteiger partial charge in [-0.05, 0) is 49.6 Å². The molecular formula is C23H27NO3S. The van der Waals surface area contributed by atoms with Crippen molar-refractivity contribution in [2.24, 2.45) is 0 Å². The van der Waals surface area contributed by atoms with Gasteiger partial charge in [0.15, 0.2) is 0 Å². The highest BCUT2D eigenvalue weighted by molar-refractivity contribution is 7.85. The number of methoxy groups -OCH3 is 1. The maximum Gasteiger partial charge on any atom is 0.134 e. The third-order valence-electron chi connectivity index (χ3n) is 5.71. The first-order valence-corrected chi connectivity index (χ1v) is 11.2. The molecule has 1 aromatic heterocycles. The van der Waals surface area contributed by atoms with E-state index < -0.39 is 10.8 Å². The molecule has 1 aliphatic rings. The zero-order valence-electron chi connectivity index (χ0n) is 16.3. The van der Waals surface area contributed by atoms with E-state index in [4.69, 9.17) is 9.15 Å². The van der Waals surface area contributed by atoms with Crippen LogP contribution in [0.3, 0.4) is 0 Å². The van der Waals surface area contributed by atoms with Crippen molar-refractivity contribution in [1.82, 2.24) is 4.90 Å². The lowest BCUT2D eigenvalue weighted by molar-refractivity contribution is -0.0471. The molecule has 5 heteroatoms. The van der Waals surface area contributed by atoms with Crippen molar-refractivity contribution in [3.63, 3.8) is 0 Å². The molecule has 0 amide bonds. The topological polar surface area (TPSA) is 42.7 Å². The highest BCUT2D eigenvalue weighted by Gasteiger charge is 2.37. The second-order valence-electron chi connectivity index (χ2n) is 7.58. The quantitative estimate of drug-likeness (QED) is 0.597. The Morgan fingerprint density at radius 2 is 1.93 bits per heavy atom. The summed E-state index contributed by atoms with van der Waals surface area (Å²) in [6.45, 7) is 2.82. The van der Waals surface area contributed by atoms with E-state index in [2.05, 4.69) is 17.0 Å². The van der Waals surface area contributed by atoms with E-state index >= 15 is 0 Å². The molecule has 0 radical (unpaired) electrons. The summed E-state index contributed by atoms with van der Waals surface area (Å²) >= 11 is 0. The second kappa shape index (κ2) is 8.60. The van der Waals surface area contributed by atoms with Crippen LogP contribution in [0.4, 0.5) is 0 Å². The first-order chi connectivity index (χ1) is 13.7. The number of para-hydroxylation sites is 1. The van der Waals surface area contributed by atoms with Crippen molar-refractivity contribution in [3.8, 4) is 0 Å². The van der Waals surface area contributed by atoms with Crippen molar-refractivity contribution < 1.29 is 13.4 Å². The highest BCUT2D eigenvalue weighted by Crippen LogP contribution is 2.28. The Balaban J connectivity index is 1.41. The van der Waals surface area contributed by atoms with Crippen LogP contribution in [0.25, 0.3) is 11.0 Å². The number of ether oxygens (including phenoxy) is 1. The van der Waals surface area contributed by atoms with Gasteiger partial charge in [0.1, 0.15) is 5.58 Å². The minimum atomic E-state index is -1.05. The van der Waals surface area contributed by atoms with E-state index in [9.17, 15) is 4.21 Å². The Hall–Kier alpha value is -1.95. The van der Waals surface area contributed by atoms with E-state index in [-0.39, 0.29) is 5.60 Å². The SMILES string of the molecule is COC1(CS(=O)c2ccccc2)CCCN(CCc2coc3ccccc23)C1. The van der Waals surface area contributed by atoms with E-state index in [1.807, 2.05) is 48.7 Å². The summed E-state index contributed by atoms with van der Waals surface area (Å²) in [6.07, 6.45) is 4.83. The monoisotopic (exact) mass is 397 g/mol. The minimum Gasteiger partial charge on any atom is -0.464 e. The molecule has 4 nitrogen and oxygen atoms in total. The molecule has 0 aliphatic carbocycles. The molecule has 4 rings (SSSR count). The van der Waals surface area contributed by atoms with Crippen LogP contribution in [-0.4, -0.2) is 47.2 Å². The number of nitrogens with zero attached hydrogens (tertiary/aromatic N) is 1. The minimum absolute atomic E-state index is 0.350. The van der Waals surface area contributed by atoms with E-state index in [1.54, 1.807) is 7.11 Å². The molecule has 2 atom stereocenters. The van der Waals surface area contributed by atoms with Crippen LogP contribution < -0.4 is 0 Å². The number of fused-ring (bicyclic) bond motifs is 1. The molecule has 1 fully saturated rings. The van der Waals surface area contributed by atoms with E-state index in [0.29, 0.717) is 5.75 Å². The summed E-state index contributed by atoms with van der Waals surface area (Å²) in [6, 6.07) is 17.9. The summed E-state index contributed by atoms with van der Waals surface area (Å²) in [7, 11) is 0.705. The van der Waals surface area contributed by atoms with Crippen molar-refractivity contribution in [1.29, 1.82) is 0 Å². The van der Waals surface area contributed by atoms with Crippen LogP contribution in [0.15, 0.2) is 70.2 Å². The van der Waals surface area contributed by atoms with Gasteiger partial charge < -0.3 is 14.1 Å². The van der Waals surface area contributed by atoms with Gasteiger partial charge in [0.05, 0.1) is 28.4 Å². The molecule has 2 aromatic carbocycles. The number of rotatable bonds is 7. The van der Waals surface area contributed by atoms with E-state index in [1.165, 1.54) is 10.9 Å². The fraction of sp³-hybridized carbons (Fsp3) is 0.391. The van der Waals surface area contributed by atoms with Crippen molar-refractivity contribution in [3.05, 3.63) is 66.4 Å². The number of likely N-dealkylation sites (tertiary alicyclic amines) is 1. The van der Waals surface area contributed by atoms with Crippen LogP contribution in [0.1, 0.15) is 18.4 Å². The average molecular weight is 398 g/mol. The first kappa shape index (κ1) is 19.4. The van der Waals surface area contributed by atoms with Gasteiger partial charge in [0.25, 0.3) is 0 Å². The Kier molecular flexibility index (Phi) is 5.95. The van der Waals surface area contributed by atoms with Gasteiger partial charge in [-0.25, -0.2) is 0 Å². The van der Waals surface area contributed by atoms with Crippen LogP contribution in [-0.2, 0) is 22.0 Å². The third kappa shape index (κ3) is 4.22. The van der Waals surface area contributed by atoms with Crippen LogP contribution in [0, 0.1) is 0 Å². The third-order valence-corrected chi connectivity index (χ3v) is 7.30. The number of furan rings is 1. The molecule has 0 N–H and O–H groups in total. The Bertz CT molecular complexity index is 939. The van der Waals surface area contributed by atoms with Gasteiger partial charge in [-0.1, -0.05) is 36.4 Å². The zero-order valence-corrected chi connectivity index (χ0v) is 17.1. The van der Waals surface area contributed by atoms with Gasteiger partial charge in [-0.3, -0.25) is 4.21 Å². The molecule has 0 bridgehead atoms. The van der Waals surface area contributed by atoms with Crippen LogP contribution >= 0.6 is 0 Å². The molecular weight excluding hydrogens is 370 g/mol. The molecule has 2 unspecified atom stereocenters. The van der Waals surface area contributed by atoms with Crippen molar-refractivity contribution in [2.75, 3.05) is 32.5 Å². The summed E-state index contributed by atoms with van der Waals surface area (Å²) in [5.41, 5.74) is 1.84. The lowest BCUT2D eigenvalue weighted by Gasteiger charge is -2.41. The molecule has 148 valence electrons. The Morgan fingerprint density at radius 1 is 1.14 bits per heavy atom. The van der Waals surface area contributed by atoms with Gasteiger partial charge in [0.2, 0.25) is 0 Å². The van der Waals surface area contributed by atoms with Crippen LogP contribution in [0.2, 0.25) is 0 Å². The maximum atomic E-state index is 12.9. The van der Waals surface area contributed by atoms with Gasteiger partial charge >= 0.3 is 0 Å². The predicted octanol–water partition coefficient (Wildman–Crippen LogP) is 4.26. The summed E-state index contributed by atoms with van der Waals surface area (Å²) in [4.78, 5) is 3.32. The molecule has 1 aliphatic heterocycles. The highest BCUT2D eigenvalue weighted by atomic mass is 32.2. The summed E-state index contributed by atoms with van der Waals surface area (Å²) < 4.78 is 24.5. The predicted molar refractivity (Wildman–Crippen MR) is 113 cm³/mol. The molecule has 0 spiro atoms. The smallest absolute Gasteiger partial charge is 0.134 e. The maximum absolute atomic E-state index is 12.9. The lowest BCUT2D eigenvalue weighted by Crippen LogP contribution is -2.52. The molecule has 1 saturated heterocycles. The molecule has 28 heavy (non-hydrogen) atoms. The molecule has 0 saturated carbocycles. The first-order valence-electron chi connectivity index (χ1n) is 9.85. The number of hydrogen-bond acceptors (Lipinski definition) is 4. The zero-order chi connectivity index (χ0) is 19.4. The fourth-order valence-corrected chi connectivity index (χ4v) is 5.58. The lowest BCUT2D eigenvalue weighted by atomic mass is 9.94. The standard InChI is InChI=1S/C23H27NO3S/c1-26-23(18-28(25)20-8-3-2-4-9-20)13-7-14-24(17-23)15-12-19-16-27-22-11-6-5-10-21(19)22/h2-6,8-11,16H,7,12-15,17-18H2,1H3. The number of hydrogen-bond donors (Lipinski definition) is 0. The number of piperidine rings is 1. The molecule has 2 heterocycles. The van der Waals surface area contributed by atoms with Crippen molar-refractivity contribution in [2.45, 2.75) is 29.8 Å². The normalized spacial score (nSPS) is 21.8. The number of benzene rings is 2.